The molecule has 2 rings (SSSR count). The lowest BCUT2D eigenvalue weighted by Gasteiger charge is -2.11. The van der Waals surface area contributed by atoms with Gasteiger partial charge in [-0.05, 0) is 43.0 Å². The molecule has 0 aromatic heterocycles. The van der Waals surface area contributed by atoms with Crippen LogP contribution in [0, 0.1) is 5.92 Å². The van der Waals surface area contributed by atoms with Crippen LogP contribution >= 0.6 is 0 Å². The Morgan fingerprint density at radius 2 is 1.55 bits per heavy atom. The fraction of sp³-hybridized carbons (Fsp3) is 0.278. The third-order valence-electron chi connectivity index (χ3n) is 3.27. The van der Waals surface area contributed by atoms with Gasteiger partial charge in [-0.2, -0.15) is 0 Å². The summed E-state index contributed by atoms with van der Waals surface area (Å²) in [5.74, 6) is 0.900. The zero-order chi connectivity index (χ0) is 14.2. The van der Waals surface area contributed by atoms with Gasteiger partial charge >= 0.3 is 0 Å². The minimum Gasteiger partial charge on any atom is -0.494 e. The van der Waals surface area contributed by atoms with Crippen LogP contribution in [0.5, 0.6) is 5.75 Å². The number of hydrogen-bond acceptors (Lipinski definition) is 2. The molecular weight excluding hydrogens is 248 g/mol. The second-order valence-electron chi connectivity index (χ2n) is 4.87. The van der Waals surface area contributed by atoms with Crippen molar-refractivity contribution in [1.29, 1.82) is 0 Å². The molecule has 0 heterocycles. The van der Waals surface area contributed by atoms with Gasteiger partial charge in [-0.25, -0.2) is 0 Å². The summed E-state index contributed by atoms with van der Waals surface area (Å²) in [5.41, 5.74) is 2.37. The molecule has 0 bridgehead atoms. The lowest BCUT2D eigenvalue weighted by molar-refractivity contribution is -0.111. The van der Waals surface area contributed by atoms with E-state index < -0.39 is 0 Å². The summed E-state index contributed by atoms with van der Waals surface area (Å²) >= 11 is 0. The van der Waals surface area contributed by atoms with E-state index in [4.69, 9.17) is 4.74 Å². The van der Waals surface area contributed by atoms with Crippen LogP contribution in [0.4, 0.5) is 0 Å². The van der Waals surface area contributed by atoms with Crippen molar-refractivity contribution in [2.75, 3.05) is 6.61 Å². The molecule has 2 heteroatoms. The van der Waals surface area contributed by atoms with Crippen LogP contribution in [0.25, 0.3) is 0 Å². The molecule has 0 aliphatic carbocycles. The molecule has 1 atom stereocenters. The SMILES string of the molecule is CCOc1ccc(CC(C=O)Cc2ccccc2)cc1. The highest BCUT2D eigenvalue weighted by Crippen LogP contribution is 2.17. The van der Waals surface area contributed by atoms with Crippen LogP contribution in [0.15, 0.2) is 54.6 Å². The van der Waals surface area contributed by atoms with Crippen molar-refractivity contribution in [3.8, 4) is 5.75 Å². The summed E-state index contributed by atoms with van der Waals surface area (Å²) in [7, 11) is 0. The molecule has 104 valence electrons. The molecule has 0 radical (unpaired) electrons. The Labute approximate surface area is 120 Å². The first-order valence-corrected chi connectivity index (χ1v) is 7.02. The standard InChI is InChI=1S/C18H20O2/c1-2-20-18-10-8-16(9-11-18)13-17(14-19)12-15-6-4-3-5-7-15/h3-11,14,17H,2,12-13H2,1H3. The minimum absolute atomic E-state index is 0.0235. The van der Waals surface area contributed by atoms with Crippen molar-refractivity contribution in [3.05, 3.63) is 65.7 Å². The normalized spacial score (nSPS) is 11.8. The number of carbonyl (C=O) groups excluding carboxylic acids is 1. The highest BCUT2D eigenvalue weighted by molar-refractivity contribution is 5.55. The molecule has 2 nitrogen and oxygen atoms in total. The molecule has 0 N–H and O–H groups in total. The van der Waals surface area contributed by atoms with Gasteiger partial charge in [0, 0.05) is 5.92 Å². The maximum absolute atomic E-state index is 11.3. The van der Waals surface area contributed by atoms with E-state index in [0.717, 1.165) is 24.9 Å². The Kier molecular flexibility index (Phi) is 5.36. The largest absolute Gasteiger partial charge is 0.494 e. The van der Waals surface area contributed by atoms with Gasteiger partial charge in [-0.3, -0.25) is 0 Å². The maximum Gasteiger partial charge on any atom is 0.123 e. The number of carbonyl (C=O) groups is 1. The summed E-state index contributed by atoms with van der Waals surface area (Å²) in [6.45, 7) is 2.64. The topological polar surface area (TPSA) is 26.3 Å². The highest BCUT2D eigenvalue weighted by atomic mass is 16.5. The lowest BCUT2D eigenvalue weighted by atomic mass is 9.94. The Balaban J connectivity index is 1.97. The molecule has 0 saturated carbocycles. The van der Waals surface area contributed by atoms with Crippen molar-refractivity contribution >= 4 is 6.29 Å². The third kappa shape index (κ3) is 4.23. The van der Waals surface area contributed by atoms with Crippen LogP contribution in [0.3, 0.4) is 0 Å². The zero-order valence-electron chi connectivity index (χ0n) is 11.8. The summed E-state index contributed by atoms with van der Waals surface area (Å²) in [6.07, 6.45) is 2.62. The molecule has 0 spiro atoms. The van der Waals surface area contributed by atoms with Gasteiger partial charge in [0.15, 0.2) is 0 Å². The first-order chi connectivity index (χ1) is 9.81. The summed E-state index contributed by atoms with van der Waals surface area (Å²) in [6, 6.07) is 18.1. The average molecular weight is 268 g/mol. The van der Waals surface area contributed by atoms with Gasteiger partial charge in [0.25, 0.3) is 0 Å². The fourth-order valence-corrected chi connectivity index (χ4v) is 2.28. The van der Waals surface area contributed by atoms with Gasteiger partial charge in [-0.15, -0.1) is 0 Å². The summed E-state index contributed by atoms with van der Waals surface area (Å²) in [4.78, 5) is 11.3. The maximum atomic E-state index is 11.3. The van der Waals surface area contributed by atoms with Crippen LogP contribution in [0.1, 0.15) is 18.1 Å². The van der Waals surface area contributed by atoms with E-state index in [-0.39, 0.29) is 5.92 Å². The van der Waals surface area contributed by atoms with Crippen LogP contribution in [0.2, 0.25) is 0 Å². The zero-order valence-corrected chi connectivity index (χ0v) is 11.8. The molecule has 2 aromatic rings. The van der Waals surface area contributed by atoms with E-state index in [1.807, 2.05) is 49.4 Å². The van der Waals surface area contributed by atoms with Crippen LogP contribution in [-0.4, -0.2) is 12.9 Å². The Bertz CT molecular complexity index is 517. The van der Waals surface area contributed by atoms with E-state index in [0.29, 0.717) is 6.61 Å². The predicted octanol–water partition coefficient (Wildman–Crippen LogP) is 3.69. The van der Waals surface area contributed by atoms with Crippen molar-refractivity contribution in [2.45, 2.75) is 19.8 Å². The Hall–Kier alpha value is -2.09. The molecule has 20 heavy (non-hydrogen) atoms. The highest BCUT2D eigenvalue weighted by Gasteiger charge is 2.09. The van der Waals surface area contributed by atoms with E-state index in [2.05, 4.69) is 12.1 Å². The average Bonchev–Trinajstić information content (AvgIpc) is 2.50. The lowest BCUT2D eigenvalue weighted by Crippen LogP contribution is -2.09. The Morgan fingerprint density at radius 3 is 2.10 bits per heavy atom. The van der Waals surface area contributed by atoms with Crippen LogP contribution < -0.4 is 4.74 Å². The molecule has 0 aliphatic heterocycles. The quantitative estimate of drug-likeness (QED) is 0.716. The molecular formula is C18H20O2. The minimum atomic E-state index is 0.0235. The van der Waals surface area contributed by atoms with Crippen molar-refractivity contribution < 1.29 is 9.53 Å². The molecule has 2 aromatic carbocycles. The first kappa shape index (κ1) is 14.3. The van der Waals surface area contributed by atoms with Gasteiger partial charge in [0.1, 0.15) is 12.0 Å². The Morgan fingerprint density at radius 1 is 0.950 bits per heavy atom. The summed E-state index contributed by atoms with van der Waals surface area (Å²) in [5, 5.41) is 0. The van der Waals surface area contributed by atoms with E-state index in [9.17, 15) is 4.79 Å². The number of aldehydes is 1. The van der Waals surface area contributed by atoms with Gasteiger partial charge in [0.2, 0.25) is 0 Å². The number of rotatable bonds is 7. The first-order valence-electron chi connectivity index (χ1n) is 7.02. The predicted molar refractivity (Wildman–Crippen MR) is 81.0 cm³/mol. The molecule has 1 unspecified atom stereocenters. The van der Waals surface area contributed by atoms with Gasteiger partial charge in [-0.1, -0.05) is 42.5 Å². The summed E-state index contributed by atoms with van der Waals surface area (Å²) < 4.78 is 5.42. The van der Waals surface area contributed by atoms with Gasteiger partial charge < -0.3 is 9.53 Å². The second-order valence-corrected chi connectivity index (χ2v) is 4.87. The van der Waals surface area contributed by atoms with E-state index in [1.54, 1.807) is 0 Å². The molecule has 0 fully saturated rings. The molecule has 0 aliphatic rings. The van der Waals surface area contributed by atoms with Crippen molar-refractivity contribution in [2.24, 2.45) is 5.92 Å². The third-order valence-corrected chi connectivity index (χ3v) is 3.27. The second kappa shape index (κ2) is 7.49. The van der Waals surface area contributed by atoms with E-state index >= 15 is 0 Å². The van der Waals surface area contributed by atoms with Gasteiger partial charge in [0.05, 0.1) is 6.61 Å². The molecule has 0 saturated heterocycles. The number of benzene rings is 2. The van der Waals surface area contributed by atoms with Crippen LogP contribution in [-0.2, 0) is 17.6 Å². The van der Waals surface area contributed by atoms with Crippen molar-refractivity contribution in [3.63, 3.8) is 0 Å². The van der Waals surface area contributed by atoms with Crippen molar-refractivity contribution in [1.82, 2.24) is 0 Å². The monoisotopic (exact) mass is 268 g/mol. The molecule has 0 amide bonds. The smallest absolute Gasteiger partial charge is 0.123 e. The fourth-order valence-electron chi connectivity index (χ4n) is 2.28. The number of hydrogen-bond donors (Lipinski definition) is 0. The van der Waals surface area contributed by atoms with E-state index in [1.165, 1.54) is 11.1 Å². The number of ether oxygens (including phenoxy) is 1.